The first kappa shape index (κ1) is 13.9. The van der Waals surface area contributed by atoms with Crippen molar-refractivity contribution >= 4 is 0 Å². The molecule has 3 N–H and O–H groups in total. The largest absolute Gasteiger partial charge is 0.486 e. The summed E-state index contributed by atoms with van der Waals surface area (Å²) in [6.07, 6.45) is 4.82. The van der Waals surface area contributed by atoms with Crippen LogP contribution in [-0.2, 0) is 6.54 Å². The van der Waals surface area contributed by atoms with Crippen molar-refractivity contribution in [1.29, 1.82) is 0 Å². The molecular formula is C15H20N4O2. The van der Waals surface area contributed by atoms with Crippen LogP contribution in [-0.4, -0.2) is 22.8 Å². The lowest BCUT2D eigenvalue weighted by molar-refractivity contribution is 0.171. The lowest BCUT2D eigenvalue weighted by Crippen LogP contribution is -2.31. The molecule has 1 unspecified atom stereocenters. The van der Waals surface area contributed by atoms with E-state index < -0.39 is 0 Å². The highest BCUT2D eigenvalue weighted by Gasteiger charge is 2.20. The smallest absolute Gasteiger partial charge is 0.161 e. The number of nitrogens with one attached hydrogen (secondary N) is 1. The minimum absolute atomic E-state index is 0.178. The van der Waals surface area contributed by atoms with Gasteiger partial charge in [-0.05, 0) is 24.1 Å². The maximum Gasteiger partial charge on any atom is 0.161 e. The van der Waals surface area contributed by atoms with Crippen LogP contribution in [0.25, 0.3) is 0 Å². The number of hydrazine groups is 1. The highest BCUT2D eigenvalue weighted by molar-refractivity contribution is 5.45. The van der Waals surface area contributed by atoms with Gasteiger partial charge in [0.2, 0.25) is 0 Å². The number of nitrogens with two attached hydrogens (primary N) is 1. The number of fused-ring (bicyclic) bond motifs is 1. The molecule has 6 nitrogen and oxygen atoms in total. The Bertz CT molecular complexity index is 611. The van der Waals surface area contributed by atoms with Gasteiger partial charge in [-0.3, -0.25) is 5.84 Å². The molecule has 2 heterocycles. The van der Waals surface area contributed by atoms with Crippen molar-refractivity contribution in [3.8, 4) is 11.5 Å². The Balaban J connectivity index is 1.94. The first-order valence-electron chi connectivity index (χ1n) is 7.20. The van der Waals surface area contributed by atoms with Gasteiger partial charge in [-0.15, -0.1) is 0 Å². The van der Waals surface area contributed by atoms with Gasteiger partial charge in [0.25, 0.3) is 0 Å². The summed E-state index contributed by atoms with van der Waals surface area (Å²) < 4.78 is 13.3. The fourth-order valence-corrected chi connectivity index (χ4v) is 2.57. The predicted molar refractivity (Wildman–Crippen MR) is 79.1 cm³/mol. The van der Waals surface area contributed by atoms with Gasteiger partial charge in [0.1, 0.15) is 25.1 Å². The number of benzene rings is 1. The molecule has 0 fully saturated rings. The first-order valence-corrected chi connectivity index (χ1v) is 7.20. The highest BCUT2D eigenvalue weighted by atomic mass is 16.6. The van der Waals surface area contributed by atoms with Crippen LogP contribution in [0.3, 0.4) is 0 Å². The molecule has 2 aromatic rings. The molecule has 21 heavy (non-hydrogen) atoms. The molecule has 1 aromatic heterocycles. The summed E-state index contributed by atoms with van der Waals surface area (Å²) in [5.41, 5.74) is 3.85. The fourth-order valence-electron chi connectivity index (χ4n) is 2.57. The molecule has 3 rings (SSSR count). The molecule has 1 atom stereocenters. The minimum atomic E-state index is -0.178. The van der Waals surface area contributed by atoms with E-state index >= 15 is 0 Å². The molecule has 0 amide bonds. The molecule has 1 aliphatic rings. The summed E-state index contributed by atoms with van der Waals surface area (Å²) in [5.74, 6) is 8.19. The second-order valence-corrected chi connectivity index (χ2v) is 4.98. The maximum atomic E-state index is 5.76. The van der Waals surface area contributed by atoms with Crippen molar-refractivity contribution in [2.24, 2.45) is 5.84 Å². The number of nitrogens with zero attached hydrogens (tertiary/aromatic N) is 2. The van der Waals surface area contributed by atoms with E-state index in [1.165, 1.54) is 0 Å². The van der Waals surface area contributed by atoms with Crippen molar-refractivity contribution in [3.05, 3.63) is 42.0 Å². The monoisotopic (exact) mass is 288 g/mol. The molecule has 112 valence electrons. The second-order valence-electron chi connectivity index (χ2n) is 4.98. The quantitative estimate of drug-likeness (QED) is 0.646. The zero-order valence-corrected chi connectivity index (χ0v) is 12.1. The van der Waals surface area contributed by atoms with Crippen molar-refractivity contribution in [1.82, 2.24) is 15.0 Å². The van der Waals surface area contributed by atoms with Gasteiger partial charge in [0.15, 0.2) is 11.5 Å². The van der Waals surface area contributed by atoms with Crippen LogP contribution in [0, 0.1) is 0 Å². The third-order valence-corrected chi connectivity index (χ3v) is 3.54. The lowest BCUT2D eigenvalue weighted by atomic mass is 10.1. The van der Waals surface area contributed by atoms with E-state index in [1.54, 1.807) is 6.20 Å². The molecular weight excluding hydrogens is 268 g/mol. The van der Waals surface area contributed by atoms with E-state index in [2.05, 4.69) is 21.9 Å². The molecule has 1 aromatic carbocycles. The number of aryl methyl sites for hydroxylation is 1. The van der Waals surface area contributed by atoms with E-state index in [9.17, 15) is 0 Å². The summed E-state index contributed by atoms with van der Waals surface area (Å²) in [6, 6.07) is 5.69. The Morgan fingerprint density at radius 1 is 1.33 bits per heavy atom. The average Bonchev–Trinajstić information content (AvgIpc) is 2.97. The topological polar surface area (TPSA) is 74.3 Å². The normalized spacial score (nSPS) is 15.0. The fraction of sp³-hybridized carbons (Fsp3) is 0.400. The van der Waals surface area contributed by atoms with E-state index in [1.807, 2.05) is 24.4 Å². The van der Waals surface area contributed by atoms with Crippen LogP contribution in [0.2, 0.25) is 0 Å². The van der Waals surface area contributed by atoms with Crippen LogP contribution in [0.1, 0.15) is 30.8 Å². The van der Waals surface area contributed by atoms with E-state index in [-0.39, 0.29) is 6.04 Å². The number of aromatic nitrogens is 2. The van der Waals surface area contributed by atoms with E-state index in [0.29, 0.717) is 13.2 Å². The van der Waals surface area contributed by atoms with Crippen molar-refractivity contribution < 1.29 is 9.47 Å². The van der Waals surface area contributed by atoms with Crippen molar-refractivity contribution in [3.63, 3.8) is 0 Å². The van der Waals surface area contributed by atoms with Gasteiger partial charge >= 0.3 is 0 Å². The summed E-state index contributed by atoms with van der Waals surface area (Å²) in [4.78, 5) is 4.44. The lowest BCUT2D eigenvalue weighted by Gasteiger charge is -2.22. The highest BCUT2D eigenvalue weighted by Crippen LogP contribution is 2.33. The Morgan fingerprint density at radius 2 is 2.14 bits per heavy atom. The summed E-state index contributed by atoms with van der Waals surface area (Å²) in [7, 11) is 0. The Hall–Kier alpha value is -2.05. The van der Waals surface area contributed by atoms with E-state index in [4.69, 9.17) is 15.3 Å². The third kappa shape index (κ3) is 2.72. The van der Waals surface area contributed by atoms with Crippen LogP contribution in [0.5, 0.6) is 11.5 Å². The molecule has 0 bridgehead atoms. The Labute approximate surface area is 123 Å². The van der Waals surface area contributed by atoms with Gasteiger partial charge in [-0.2, -0.15) is 0 Å². The number of hydrogen-bond donors (Lipinski definition) is 2. The summed E-state index contributed by atoms with van der Waals surface area (Å²) in [5, 5.41) is 0. The number of imidazole rings is 1. The number of ether oxygens (including phenoxy) is 2. The van der Waals surface area contributed by atoms with Crippen LogP contribution in [0.4, 0.5) is 0 Å². The summed E-state index contributed by atoms with van der Waals surface area (Å²) in [6.45, 7) is 4.21. The van der Waals surface area contributed by atoms with Crippen molar-refractivity contribution in [2.45, 2.75) is 25.9 Å². The Morgan fingerprint density at radius 3 is 2.90 bits per heavy atom. The zero-order valence-electron chi connectivity index (χ0n) is 12.1. The Kier molecular flexibility index (Phi) is 4.08. The minimum Gasteiger partial charge on any atom is -0.486 e. The molecule has 0 spiro atoms. The molecule has 6 heteroatoms. The number of hydrogen-bond acceptors (Lipinski definition) is 5. The van der Waals surface area contributed by atoms with Crippen LogP contribution >= 0.6 is 0 Å². The van der Waals surface area contributed by atoms with Crippen LogP contribution < -0.4 is 20.7 Å². The third-order valence-electron chi connectivity index (χ3n) is 3.54. The SMILES string of the molecule is CCCn1ccnc1C(NN)c1ccc2c(c1)OCCO2. The molecule has 0 saturated carbocycles. The molecule has 1 aliphatic heterocycles. The van der Waals surface area contributed by atoms with Crippen LogP contribution in [0.15, 0.2) is 30.6 Å². The predicted octanol–water partition coefficient (Wildman–Crippen LogP) is 1.62. The standard InChI is InChI=1S/C15H20N4O2/c1-2-6-19-7-5-17-15(19)14(18-16)11-3-4-12-13(10-11)21-9-8-20-12/h3-5,7,10,14,18H,2,6,8-9,16H2,1H3. The second kappa shape index (κ2) is 6.15. The molecule has 0 aliphatic carbocycles. The van der Waals surface area contributed by atoms with E-state index in [0.717, 1.165) is 35.9 Å². The van der Waals surface area contributed by atoms with Gasteiger partial charge < -0.3 is 14.0 Å². The molecule has 0 radical (unpaired) electrons. The average molecular weight is 288 g/mol. The first-order chi connectivity index (χ1) is 10.3. The van der Waals surface area contributed by atoms with Gasteiger partial charge in [-0.1, -0.05) is 13.0 Å². The van der Waals surface area contributed by atoms with Gasteiger partial charge in [0, 0.05) is 18.9 Å². The maximum absolute atomic E-state index is 5.76. The zero-order chi connectivity index (χ0) is 14.7. The van der Waals surface area contributed by atoms with Gasteiger partial charge in [-0.25, -0.2) is 10.4 Å². The summed E-state index contributed by atoms with van der Waals surface area (Å²) >= 11 is 0. The van der Waals surface area contributed by atoms with Crippen molar-refractivity contribution in [2.75, 3.05) is 13.2 Å². The molecule has 0 saturated heterocycles. The number of rotatable bonds is 5. The van der Waals surface area contributed by atoms with Gasteiger partial charge in [0.05, 0.1) is 0 Å².